The molecule has 1 aliphatic heterocycles. The highest BCUT2D eigenvalue weighted by Gasteiger charge is 2.25. The summed E-state index contributed by atoms with van der Waals surface area (Å²) in [6.45, 7) is 9.92. The standard InChI is InChI=1S/C16H23NO/c1-13(9-16-7-5-4-6-8-16)10-17-11-14(2)18-15(3)12-17/h4-9,14-15H,10-12H2,1-3H3/p+1/b13-9+/t14-,15-/m0/s1. The molecule has 2 atom stereocenters. The molecule has 0 amide bonds. The van der Waals surface area contributed by atoms with Crippen molar-refractivity contribution < 1.29 is 9.64 Å². The molecule has 1 heterocycles. The summed E-state index contributed by atoms with van der Waals surface area (Å²) >= 11 is 0. The van der Waals surface area contributed by atoms with Crippen LogP contribution in [0.5, 0.6) is 0 Å². The fourth-order valence-electron chi connectivity index (χ4n) is 2.81. The second-order valence-corrected chi connectivity index (χ2v) is 5.49. The van der Waals surface area contributed by atoms with Gasteiger partial charge in [-0.15, -0.1) is 0 Å². The quantitative estimate of drug-likeness (QED) is 0.858. The van der Waals surface area contributed by atoms with E-state index in [1.807, 2.05) is 0 Å². The number of ether oxygens (including phenoxy) is 1. The number of morpholine rings is 1. The lowest BCUT2D eigenvalue weighted by Gasteiger charge is -2.32. The van der Waals surface area contributed by atoms with E-state index in [0.29, 0.717) is 12.2 Å². The monoisotopic (exact) mass is 246 g/mol. The Morgan fingerprint density at radius 3 is 2.44 bits per heavy atom. The van der Waals surface area contributed by atoms with Crippen LogP contribution in [0.2, 0.25) is 0 Å². The first-order valence-electron chi connectivity index (χ1n) is 6.84. The summed E-state index contributed by atoms with van der Waals surface area (Å²) in [7, 11) is 0. The van der Waals surface area contributed by atoms with Crippen molar-refractivity contribution in [1.29, 1.82) is 0 Å². The van der Waals surface area contributed by atoms with Crippen molar-refractivity contribution >= 4 is 6.08 Å². The van der Waals surface area contributed by atoms with Gasteiger partial charge in [0.25, 0.3) is 0 Å². The second-order valence-electron chi connectivity index (χ2n) is 5.49. The Bertz CT molecular complexity index is 389. The van der Waals surface area contributed by atoms with Crippen LogP contribution >= 0.6 is 0 Å². The number of quaternary nitrogens is 1. The van der Waals surface area contributed by atoms with Crippen molar-refractivity contribution in [1.82, 2.24) is 0 Å². The van der Waals surface area contributed by atoms with Gasteiger partial charge >= 0.3 is 0 Å². The van der Waals surface area contributed by atoms with Crippen molar-refractivity contribution in [2.24, 2.45) is 0 Å². The van der Waals surface area contributed by atoms with Crippen molar-refractivity contribution in [2.75, 3.05) is 19.6 Å². The largest absolute Gasteiger partial charge is 0.364 e. The van der Waals surface area contributed by atoms with Gasteiger partial charge in [0.1, 0.15) is 25.3 Å². The highest BCUT2D eigenvalue weighted by molar-refractivity contribution is 5.52. The van der Waals surface area contributed by atoms with Gasteiger partial charge in [-0.05, 0) is 31.9 Å². The van der Waals surface area contributed by atoms with Crippen molar-refractivity contribution in [3.8, 4) is 0 Å². The second kappa shape index (κ2) is 6.17. The summed E-state index contributed by atoms with van der Waals surface area (Å²) in [4.78, 5) is 1.63. The Labute approximate surface area is 110 Å². The van der Waals surface area contributed by atoms with E-state index in [1.165, 1.54) is 11.1 Å². The maximum absolute atomic E-state index is 5.78. The molecule has 2 heteroatoms. The van der Waals surface area contributed by atoms with Crippen LogP contribution in [-0.4, -0.2) is 31.8 Å². The minimum Gasteiger partial charge on any atom is -0.364 e. The number of hydrogen-bond acceptors (Lipinski definition) is 1. The molecule has 1 N–H and O–H groups in total. The molecule has 0 radical (unpaired) electrons. The molecule has 18 heavy (non-hydrogen) atoms. The molecular formula is C16H24NO+. The van der Waals surface area contributed by atoms with E-state index in [1.54, 1.807) is 4.90 Å². The number of nitrogens with one attached hydrogen (secondary N) is 1. The Hall–Kier alpha value is -1.12. The van der Waals surface area contributed by atoms with E-state index in [2.05, 4.69) is 57.2 Å². The van der Waals surface area contributed by atoms with Crippen molar-refractivity contribution in [2.45, 2.75) is 33.0 Å². The van der Waals surface area contributed by atoms with E-state index in [4.69, 9.17) is 4.74 Å². The first-order valence-corrected chi connectivity index (χ1v) is 6.84. The summed E-state index contributed by atoms with van der Waals surface area (Å²) in [5, 5.41) is 0. The summed E-state index contributed by atoms with van der Waals surface area (Å²) in [6.07, 6.45) is 3.05. The first kappa shape index (κ1) is 13.3. The minimum absolute atomic E-state index is 0.383. The molecule has 98 valence electrons. The summed E-state index contributed by atoms with van der Waals surface area (Å²) in [5.74, 6) is 0. The lowest BCUT2D eigenvalue weighted by atomic mass is 10.1. The molecule has 1 aliphatic rings. The maximum atomic E-state index is 5.78. The molecule has 1 aromatic carbocycles. The Balaban J connectivity index is 1.94. The van der Waals surface area contributed by atoms with Crippen LogP contribution in [0.4, 0.5) is 0 Å². The molecule has 2 rings (SSSR count). The van der Waals surface area contributed by atoms with Crippen molar-refractivity contribution in [3.05, 3.63) is 41.5 Å². The zero-order valence-corrected chi connectivity index (χ0v) is 11.6. The lowest BCUT2D eigenvalue weighted by Crippen LogP contribution is -3.15. The van der Waals surface area contributed by atoms with Crippen LogP contribution < -0.4 is 4.90 Å². The SMILES string of the molecule is C/C(=C\c1ccccc1)C[NH+]1C[C@H](C)O[C@@H](C)C1. The van der Waals surface area contributed by atoms with Gasteiger partial charge in [0.2, 0.25) is 0 Å². The molecule has 0 aliphatic carbocycles. The maximum Gasteiger partial charge on any atom is 0.104 e. The van der Waals surface area contributed by atoms with Crippen LogP contribution in [0.1, 0.15) is 26.3 Å². The molecule has 0 aromatic heterocycles. The fraction of sp³-hybridized carbons (Fsp3) is 0.500. The lowest BCUT2D eigenvalue weighted by molar-refractivity contribution is -0.910. The van der Waals surface area contributed by atoms with Gasteiger partial charge in [-0.3, -0.25) is 0 Å². The minimum atomic E-state index is 0.383. The third kappa shape index (κ3) is 3.97. The predicted octanol–water partition coefficient (Wildman–Crippen LogP) is 1.78. The topological polar surface area (TPSA) is 13.7 Å². The van der Waals surface area contributed by atoms with Crippen molar-refractivity contribution in [3.63, 3.8) is 0 Å². The fourth-order valence-corrected chi connectivity index (χ4v) is 2.81. The van der Waals surface area contributed by atoms with Crippen LogP contribution in [0.3, 0.4) is 0 Å². The highest BCUT2D eigenvalue weighted by atomic mass is 16.5. The van der Waals surface area contributed by atoms with Crippen LogP contribution in [0, 0.1) is 0 Å². The molecular weight excluding hydrogens is 222 g/mol. The smallest absolute Gasteiger partial charge is 0.104 e. The van der Waals surface area contributed by atoms with E-state index < -0.39 is 0 Å². The molecule has 1 fully saturated rings. The number of hydrogen-bond donors (Lipinski definition) is 1. The van der Waals surface area contributed by atoms with Gasteiger partial charge in [-0.1, -0.05) is 36.4 Å². The zero-order valence-electron chi connectivity index (χ0n) is 11.6. The van der Waals surface area contributed by atoms with Crippen LogP contribution in [-0.2, 0) is 4.74 Å². The molecule has 0 spiro atoms. The molecule has 1 saturated heterocycles. The number of benzene rings is 1. The summed E-state index contributed by atoms with van der Waals surface area (Å²) in [6, 6.07) is 10.5. The van der Waals surface area contributed by atoms with Gasteiger partial charge in [-0.2, -0.15) is 0 Å². The first-order chi connectivity index (χ1) is 8.63. The van der Waals surface area contributed by atoms with E-state index in [0.717, 1.165) is 19.6 Å². The highest BCUT2D eigenvalue weighted by Crippen LogP contribution is 2.05. The average molecular weight is 246 g/mol. The molecule has 0 saturated carbocycles. The van der Waals surface area contributed by atoms with E-state index in [-0.39, 0.29) is 0 Å². The molecule has 0 bridgehead atoms. The van der Waals surface area contributed by atoms with Gasteiger partial charge in [0, 0.05) is 0 Å². The van der Waals surface area contributed by atoms with E-state index >= 15 is 0 Å². The Kier molecular flexibility index (Phi) is 4.56. The summed E-state index contributed by atoms with van der Waals surface area (Å²) < 4.78 is 5.78. The molecule has 0 unspecified atom stereocenters. The Morgan fingerprint density at radius 1 is 1.22 bits per heavy atom. The van der Waals surface area contributed by atoms with Crippen LogP contribution in [0.15, 0.2) is 35.9 Å². The Morgan fingerprint density at radius 2 is 1.83 bits per heavy atom. The third-order valence-electron chi connectivity index (χ3n) is 3.36. The normalized spacial score (nSPS) is 29.3. The zero-order chi connectivity index (χ0) is 13.0. The van der Waals surface area contributed by atoms with E-state index in [9.17, 15) is 0 Å². The van der Waals surface area contributed by atoms with Gasteiger partial charge in [-0.25, -0.2) is 0 Å². The molecule has 2 nitrogen and oxygen atoms in total. The number of rotatable bonds is 3. The van der Waals surface area contributed by atoms with Crippen LogP contribution in [0.25, 0.3) is 6.08 Å². The van der Waals surface area contributed by atoms with Gasteiger partial charge in [0.05, 0.1) is 6.54 Å². The summed E-state index contributed by atoms with van der Waals surface area (Å²) in [5.41, 5.74) is 2.74. The predicted molar refractivity (Wildman–Crippen MR) is 75.7 cm³/mol. The van der Waals surface area contributed by atoms with Gasteiger partial charge in [0.15, 0.2) is 0 Å². The molecule has 1 aromatic rings. The van der Waals surface area contributed by atoms with Gasteiger partial charge < -0.3 is 9.64 Å². The third-order valence-corrected chi connectivity index (χ3v) is 3.36. The average Bonchev–Trinajstić information content (AvgIpc) is 2.28.